The van der Waals surface area contributed by atoms with Gasteiger partial charge in [0.1, 0.15) is 0 Å². The normalized spacial score (nSPS) is 30.6. The number of alkyl halides is 3. The van der Waals surface area contributed by atoms with Crippen LogP contribution in [0.3, 0.4) is 0 Å². The van der Waals surface area contributed by atoms with Gasteiger partial charge < -0.3 is 5.73 Å². The third-order valence-corrected chi connectivity index (χ3v) is 2.92. The first-order valence-corrected chi connectivity index (χ1v) is 5.32. The molecule has 0 spiro atoms. The highest BCUT2D eigenvalue weighted by atomic mass is 35.5. The molecule has 14 heavy (non-hydrogen) atoms. The Kier molecular flexibility index (Phi) is 4.10. The zero-order valence-electron chi connectivity index (χ0n) is 8.35. The number of hydrogen-bond donors (Lipinski definition) is 1. The van der Waals surface area contributed by atoms with E-state index in [1.54, 1.807) is 0 Å². The van der Waals surface area contributed by atoms with Crippen LogP contribution in [-0.2, 0) is 0 Å². The van der Waals surface area contributed by atoms with Gasteiger partial charge in [-0.05, 0) is 31.4 Å². The van der Waals surface area contributed by atoms with Gasteiger partial charge in [0, 0.05) is 31.6 Å². The predicted octanol–water partition coefficient (Wildman–Crippen LogP) is 2.02. The van der Waals surface area contributed by atoms with E-state index in [-0.39, 0.29) is 12.5 Å². The topological polar surface area (TPSA) is 29.3 Å². The van der Waals surface area contributed by atoms with Crippen molar-refractivity contribution in [1.82, 2.24) is 4.90 Å². The molecule has 1 aliphatic rings. The van der Waals surface area contributed by atoms with Crippen molar-refractivity contribution >= 4 is 11.6 Å². The summed E-state index contributed by atoms with van der Waals surface area (Å²) in [4.78, 5) is 1.99. The van der Waals surface area contributed by atoms with Crippen molar-refractivity contribution in [2.75, 3.05) is 13.1 Å². The van der Waals surface area contributed by atoms with Gasteiger partial charge in [-0.15, -0.1) is 0 Å². The van der Waals surface area contributed by atoms with E-state index < -0.39 is 5.38 Å². The Morgan fingerprint density at radius 1 is 1.50 bits per heavy atom. The summed E-state index contributed by atoms with van der Waals surface area (Å²) in [6, 6.07) is 0.462. The highest BCUT2D eigenvalue weighted by molar-refractivity contribution is 6.21. The van der Waals surface area contributed by atoms with E-state index >= 15 is 0 Å². The summed E-state index contributed by atoms with van der Waals surface area (Å²) in [5.74, 6) is 0. The molecule has 1 saturated heterocycles. The molecular weight excluding hydrogens is 210 g/mol. The van der Waals surface area contributed by atoms with E-state index in [2.05, 4.69) is 0 Å². The quantitative estimate of drug-likeness (QED) is 0.747. The Bertz CT molecular complexity index is 184. The molecule has 2 atom stereocenters. The average Bonchev–Trinajstić information content (AvgIpc) is 2.05. The molecule has 0 aromatic carbocycles. The van der Waals surface area contributed by atoms with Gasteiger partial charge in [-0.25, -0.2) is 0 Å². The summed E-state index contributed by atoms with van der Waals surface area (Å²) in [5, 5.41) is -3.08. The maximum absolute atomic E-state index is 12.4. The molecule has 0 radical (unpaired) electrons. The number of halogens is 3. The Labute approximate surface area is 88.4 Å². The summed E-state index contributed by atoms with van der Waals surface area (Å²) in [7, 11) is 0. The Hall–Kier alpha value is 0.0700. The molecule has 2 unspecified atom stereocenters. The number of piperidine rings is 1. The number of nitrogens with two attached hydrogens (primary N) is 1. The third-order valence-electron chi connectivity index (χ3n) is 2.73. The molecule has 0 amide bonds. The zero-order chi connectivity index (χ0) is 10.8. The van der Waals surface area contributed by atoms with Crippen LogP contribution in [0.1, 0.15) is 26.2 Å². The highest BCUT2D eigenvalue weighted by Gasteiger charge is 2.29. The van der Waals surface area contributed by atoms with Crippen LogP contribution in [0.25, 0.3) is 0 Å². The van der Waals surface area contributed by atoms with Gasteiger partial charge in [-0.2, -0.15) is 8.78 Å². The van der Waals surface area contributed by atoms with Crippen molar-refractivity contribution in [3.8, 4) is 0 Å². The second-order valence-electron chi connectivity index (χ2n) is 4.05. The molecule has 2 nitrogen and oxygen atoms in total. The molecule has 5 heteroatoms. The van der Waals surface area contributed by atoms with E-state index in [0.29, 0.717) is 19.1 Å². The Morgan fingerprint density at radius 3 is 2.71 bits per heavy atom. The van der Waals surface area contributed by atoms with E-state index in [1.165, 1.54) is 0 Å². The minimum absolute atomic E-state index is 0.121. The first-order chi connectivity index (χ1) is 6.38. The van der Waals surface area contributed by atoms with Gasteiger partial charge >= 0.3 is 5.38 Å². The van der Waals surface area contributed by atoms with Gasteiger partial charge in [0.25, 0.3) is 0 Å². The van der Waals surface area contributed by atoms with Crippen molar-refractivity contribution in [1.29, 1.82) is 0 Å². The number of rotatable bonds is 3. The summed E-state index contributed by atoms with van der Waals surface area (Å²) in [6.45, 7) is 3.07. The summed E-state index contributed by atoms with van der Waals surface area (Å²) in [6.07, 6.45) is 1.66. The molecular formula is C9H17ClF2N2. The lowest BCUT2D eigenvalue weighted by molar-refractivity contribution is 0.0542. The van der Waals surface area contributed by atoms with Gasteiger partial charge in [0.2, 0.25) is 0 Å². The molecule has 84 valence electrons. The minimum Gasteiger partial charge on any atom is -0.327 e. The maximum atomic E-state index is 12.4. The van der Waals surface area contributed by atoms with Crippen LogP contribution in [0.15, 0.2) is 0 Å². The lowest BCUT2D eigenvalue weighted by Gasteiger charge is -2.36. The summed E-state index contributed by atoms with van der Waals surface area (Å²) >= 11 is 4.85. The highest BCUT2D eigenvalue weighted by Crippen LogP contribution is 2.25. The van der Waals surface area contributed by atoms with Crippen LogP contribution in [0, 0.1) is 0 Å². The van der Waals surface area contributed by atoms with Crippen molar-refractivity contribution < 1.29 is 8.78 Å². The van der Waals surface area contributed by atoms with E-state index in [0.717, 1.165) is 12.8 Å². The molecule has 1 rings (SSSR count). The smallest absolute Gasteiger partial charge is 0.322 e. The molecule has 0 saturated carbocycles. The molecule has 1 heterocycles. The molecule has 0 aromatic heterocycles. The van der Waals surface area contributed by atoms with Crippen molar-refractivity contribution in [2.24, 2.45) is 5.73 Å². The molecule has 2 N–H and O–H groups in total. The number of hydrogen-bond acceptors (Lipinski definition) is 2. The molecule has 0 aliphatic carbocycles. The van der Waals surface area contributed by atoms with Gasteiger partial charge in [-0.3, -0.25) is 4.90 Å². The Morgan fingerprint density at radius 2 is 2.14 bits per heavy atom. The largest absolute Gasteiger partial charge is 0.327 e. The lowest BCUT2D eigenvalue weighted by Crippen LogP contribution is -2.48. The third kappa shape index (κ3) is 4.07. The van der Waals surface area contributed by atoms with Crippen LogP contribution < -0.4 is 5.73 Å². The van der Waals surface area contributed by atoms with E-state index in [9.17, 15) is 8.78 Å². The second kappa shape index (κ2) is 4.73. The van der Waals surface area contributed by atoms with Crippen molar-refractivity contribution in [3.63, 3.8) is 0 Å². The summed E-state index contributed by atoms with van der Waals surface area (Å²) < 4.78 is 24.8. The Balaban J connectivity index is 2.35. The lowest BCUT2D eigenvalue weighted by atomic mass is 10.00. The van der Waals surface area contributed by atoms with Gasteiger partial charge in [-0.1, -0.05) is 0 Å². The molecule has 0 aromatic rings. The standard InChI is InChI=1S/C9H17ClF2N2/c1-7-2-3-8(13)6-14(7)5-4-9(10,11)12/h7-8H,2-6,13H2,1H3. The van der Waals surface area contributed by atoms with E-state index in [4.69, 9.17) is 17.3 Å². The number of nitrogens with zero attached hydrogens (tertiary/aromatic N) is 1. The van der Waals surface area contributed by atoms with Gasteiger partial charge in [0.15, 0.2) is 0 Å². The zero-order valence-corrected chi connectivity index (χ0v) is 9.10. The number of likely N-dealkylation sites (tertiary alicyclic amines) is 1. The fourth-order valence-corrected chi connectivity index (χ4v) is 1.88. The average molecular weight is 227 g/mol. The van der Waals surface area contributed by atoms with Crippen LogP contribution in [0.4, 0.5) is 8.78 Å². The molecule has 1 fully saturated rings. The van der Waals surface area contributed by atoms with Crippen LogP contribution >= 0.6 is 11.6 Å². The molecule has 0 bridgehead atoms. The second-order valence-corrected chi connectivity index (χ2v) is 4.60. The van der Waals surface area contributed by atoms with Crippen LogP contribution in [-0.4, -0.2) is 35.5 Å². The van der Waals surface area contributed by atoms with Crippen molar-refractivity contribution in [3.05, 3.63) is 0 Å². The summed E-state index contributed by atoms with van der Waals surface area (Å²) in [5.41, 5.74) is 5.76. The monoisotopic (exact) mass is 226 g/mol. The molecule has 1 aliphatic heterocycles. The van der Waals surface area contributed by atoms with Crippen LogP contribution in [0.5, 0.6) is 0 Å². The predicted molar refractivity (Wildman–Crippen MR) is 53.7 cm³/mol. The van der Waals surface area contributed by atoms with E-state index in [1.807, 2.05) is 11.8 Å². The van der Waals surface area contributed by atoms with Crippen LogP contribution in [0.2, 0.25) is 0 Å². The minimum atomic E-state index is -3.08. The first-order valence-electron chi connectivity index (χ1n) is 4.95. The fourth-order valence-electron chi connectivity index (χ4n) is 1.79. The van der Waals surface area contributed by atoms with Gasteiger partial charge in [0.05, 0.1) is 0 Å². The van der Waals surface area contributed by atoms with Crippen molar-refractivity contribution in [2.45, 2.75) is 43.7 Å². The first kappa shape index (κ1) is 12.1. The SMILES string of the molecule is CC1CCC(N)CN1CCC(F)(F)Cl. The fraction of sp³-hybridized carbons (Fsp3) is 1.00. The maximum Gasteiger partial charge on any atom is 0.322 e.